The van der Waals surface area contributed by atoms with Crippen LogP contribution in [0.2, 0.25) is 10.0 Å². The van der Waals surface area contributed by atoms with Crippen LogP contribution in [-0.2, 0) is 11.3 Å². The SMILES string of the molecule is CC(C)[C@@H](C(=O)N1CCN(Cc2ccc(Cl)cc2-c2ccc(Cl)cc2)CC1)N1CCCCC1. The van der Waals surface area contributed by atoms with Crippen LogP contribution in [-0.4, -0.2) is 65.9 Å². The molecule has 0 aliphatic carbocycles. The van der Waals surface area contributed by atoms with E-state index in [2.05, 4.69) is 34.6 Å². The standard InChI is InChI=1S/C27H35Cl2N3O/c1-20(2)26(31-12-4-3-5-13-31)27(33)32-16-14-30(15-17-32)19-22-8-11-24(29)18-25(22)21-6-9-23(28)10-7-21/h6-11,18,20,26H,3-5,12-17,19H2,1-2H3/t26-/m0/s1. The molecule has 1 atom stereocenters. The topological polar surface area (TPSA) is 26.8 Å². The third kappa shape index (κ3) is 6.10. The van der Waals surface area contributed by atoms with Crippen molar-refractivity contribution < 1.29 is 4.79 Å². The van der Waals surface area contributed by atoms with Gasteiger partial charge < -0.3 is 4.90 Å². The summed E-state index contributed by atoms with van der Waals surface area (Å²) in [5.74, 6) is 0.657. The van der Waals surface area contributed by atoms with Gasteiger partial charge in [-0.2, -0.15) is 0 Å². The van der Waals surface area contributed by atoms with Crippen LogP contribution in [0.3, 0.4) is 0 Å². The Kier molecular flexibility index (Phi) is 8.34. The number of likely N-dealkylation sites (tertiary alicyclic amines) is 1. The fraction of sp³-hybridized carbons (Fsp3) is 0.519. The molecule has 0 bridgehead atoms. The minimum absolute atomic E-state index is 0.0182. The van der Waals surface area contributed by atoms with Crippen LogP contribution in [0.4, 0.5) is 0 Å². The van der Waals surface area contributed by atoms with Gasteiger partial charge in [0.2, 0.25) is 5.91 Å². The zero-order valence-corrected chi connectivity index (χ0v) is 21.3. The summed E-state index contributed by atoms with van der Waals surface area (Å²) in [7, 11) is 0. The maximum Gasteiger partial charge on any atom is 0.240 e. The van der Waals surface area contributed by atoms with Gasteiger partial charge in [-0.1, -0.05) is 61.7 Å². The minimum Gasteiger partial charge on any atom is -0.339 e. The van der Waals surface area contributed by atoms with Crippen LogP contribution < -0.4 is 0 Å². The summed E-state index contributed by atoms with van der Waals surface area (Å²) in [6.45, 7) is 10.7. The maximum absolute atomic E-state index is 13.4. The van der Waals surface area contributed by atoms with Gasteiger partial charge in [0.1, 0.15) is 0 Å². The summed E-state index contributed by atoms with van der Waals surface area (Å²) < 4.78 is 0. The molecule has 33 heavy (non-hydrogen) atoms. The predicted octanol–water partition coefficient (Wildman–Crippen LogP) is 5.82. The molecule has 2 aliphatic rings. The molecule has 2 aromatic rings. The number of piperidine rings is 1. The molecule has 1 amide bonds. The minimum atomic E-state index is 0.0182. The van der Waals surface area contributed by atoms with Crippen molar-refractivity contribution in [1.82, 2.24) is 14.7 Å². The third-order valence-electron chi connectivity index (χ3n) is 6.97. The van der Waals surface area contributed by atoms with E-state index in [-0.39, 0.29) is 6.04 Å². The quantitative estimate of drug-likeness (QED) is 0.513. The van der Waals surface area contributed by atoms with E-state index in [4.69, 9.17) is 23.2 Å². The van der Waals surface area contributed by atoms with Crippen molar-refractivity contribution in [3.05, 3.63) is 58.1 Å². The molecular formula is C27H35Cl2N3O. The van der Waals surface area contributed by atoms with E-state index >= 15 is 0 Å². The van der Waals surface area contributed by atoms with Gasteiger partial charge in [0.25, 0.3) is 0 Å². The molecule has 2 fully saturated rings. The molecule has 4 rings (SSSR count). The summed E-state index contributed by atoms with van der Waals surface area (Å²) >= 11 is 12.4. The zero-order valence-electron chi connectivity index (χ0n) is 19.8. The largest absolute Gasteiger partial charge is 0.339 e. The Balaban J connectivity index is 1.40. The van der Waals surface area contributed by atoms with E-state index in [1.165, 1.54) is 24.8 Å². The first-order valence-corrected chi connectivity index (χ1v) is 13.0. The number of halogens is 2. The lowest BCUT2D eigenvalue weighted by molar-refractivity contribution is -0.141. The number of hydrogen-bond donors (Lipinski definition) is 0. The summed E-state index contributed by atoms with van der Waals surface area (Å²) in [4.78, 5) is 20.4. The van der Waals surface area contributed by atoms with Gasteiger partial charge in [0.15, 0.2) is 0 Å². The highest BCUT2D eigenvalue weighted by Crippen LogP contribution is 2.29. The molecule has 4 nitrogen and oxygen atoms in total. The van der Waals surface area contributed by atoms with Crippen molar-refractivity contribution in [2.45, 2.75) is 45.7 Å². The number of carbonyl (C=O) groups excluding carboxylic acids is 1. The lowest BCUT2D eigenvalue weighted by Gasteiger charge is -2.41. The molecule has 178 valence electrons. The lowest BCUT2D eigenvalue weighted by Crippen LogP contribution is -2.57. The van der Waals surface area contributed by atoms with Crippen LogP contribution in [0, 0.1) is 5.92 Å². The van der Waals surface area contributed by atoms with Crippen molar-refractivity contribution in [2.24, 2.45) is 5.92 Å². The van der Waals surface area contributed by atoms with E-state index in [0.29, 0.717) is 11.8 Å². The molecule has 2 heterocycles. The lowest BCUT2D eigenvalue weighted by atomic mass is 9.97. The first-order chi connectivity index (χ1) is 15.9. The normalized spacial score (nSPS) is 19.1. The average molecular weight is 489 g/mol. The van der Waals surface area contributed by atoms with Crippen LogP contribution in [0.1, 0.15) is 38.7 Å². The number of carbonyl (C=O) groups is 1. The highest BCUT2D eigenvalue weighted by Gasteiger charge is 2.34. The fourth-order valence-corrected chi connectivity index (χ4v) is 5.50. The average Bonchev–Trinajstić information content (AvgIpc) is 2.82. The summed E-state index contributed by atoms with van der Waals surface area (Å²) in [6, 6.07) is 14.0. The molecule has 2 aromatic carbocycles. The van der Waals surface area contributed by atoms with Gasteiger partial charge in [-0.3, -0.25) is 14.6 Å². The molecule has 0 spiro atoms. The number of piperazine rings is 1. The molecular weight excluding hydrogens is 453 g/mol. The summed E-state index contributed by atoms with van der Waals surface area (Å²) in [6.07, 6.45) is 3.71. The number of amides is 1. The van der Waals surface area contributed by atoms with E-state index in [1.54, 1.807) is 0 Å². The second-order valence-electron chi connectivity index (χ2n) is 9.70. The highest BCUT2D eigenvalue weighted by molar-refractivity contribution is 6.31. The van der Waals surface area contributed by atoms with Gasteiger partial charge in [0, 0.05) is 42.8 Å². The molecule has 0 N–H and O–H groups in total. The van der Waals surface area contributed by atoms with E-state index in [1.807, 2.05) is 36.4 Å². The Morgan fingerprint density at radius 1 is 0.848 bits per heavy atom. The molecule has 0 radical (unpaired) electrons. The number of nitrogens with zero attached hydrogens (tertiary/aromatic N) is 3. The van der Waals surface area contributed by atoms with Crippen LogP contribution in [0.15, 0.2) is 42.5 Å². The van der Waals surface area contributed by atoms with E-state index < -0.39 is 0 Å². The van der Waals surface area contributed by atoms with Crippen molar-refractivity contribution in [2.75, 3.05) is 39.3 Å². The Labute approximate surface area is 208 Å². The van der Waals surface area contributed by atoms with Gasteiger partial charge in [-0.25, -0.2) is 0 Å². The van der Waals surface area contributed by atoms with Gasteiger partial charge in [-0.15, -0.1) is 0 Å². The molecule has 2 aliphatic heterocycles. The highest BCUT2D eigenvalue weighted by atomic mass is 35.5. The van der Waals surface area contributed by atoms with Crippen molar-refractivity contribution in [3.8, 4) is 11.1 Å². The van der Waals surface area contributed by atoms with Gasteiger partial charge in [-0.05, 0) is 72.8 Å². The molecule has 0 saturated carbocycles. The van der Waals surface area contributed by atoms with Gasteiger partial charge in [0.05, 0.1) is 6.04 Å². The molecule has 6 heteroatoms. The van der Waals surface area contributed by atoms with Gasteiger partial charge >= 0.3 is 0 Å². The predicted molar refractivity (Wildman–Crippen MR) is 138 cm³/mol. The Hall–Kier alpha value is -1.59. The van der Waals surface area contributed by atoms with Crippen molar-refractivity contribution >= 4 is 29.1 Å². The second kappa shape index (κ2) is 11.2. The number of benzene rings is 2. The molecule has 2 saturated heterocycles. The Morgan fingerprint density at radius 2 is 1.48 bits per heavy atom. The second-order valence-corrected chi connectivity index (χ2v) is 10.6. The Morgan fingerprint density at radius 3 is 2.12 bits per heavy atom. The van der Waals surface area contributed by atoms with Crippen LogP contribution >= 0.6 is 23.2 Å². The summed E-state index contributed by atoms with van der Waals surface area (Å²) in [5, 5.41) is 1.46. The van der Waals surface area contributed by atoms with E-state index in [0.717, 1.165) is 67.0 Å². The first kappa shape index (κ1) is 24.5. The smallest absolute Gasteiger partial charge is 0.240 e. The maximum atomic E-state index is 13.4. The molecule has 0 unspecified atom stereocenters. The first-order valence-electron chi connectivity index (χ1n) is 12.2. The summed E-state index contributed by atoms with van der Waals surface area (Å²) in [5.41, 5.74) is 3.50. The number of rotatable bonds is 6. The Bertz CT molecular complexity index is 933. The van der Waals surface area contributed by atoms with Crippen LogP contribution in [0.25, 0.3) is 11.1 Å². The van der Waals surface area contributed by atoms with E-state index in [9.17, 15) is 4.79 Å². The fourth-order valence-electron chi connectivity index (χ4n) is 5.20. The number of hydrogen-bond acceptors (Lipinski definition) is 3. The monoisotopic (exact) mass is 487 g/mol. The van der Waals surface area contributed by atoms with Crippen molar-refractivity contribution in [3.63, 3.8) is 0 Å². The van der Waals surface area contributed by atoms with Crippen molar-refractivity contribution in [1.29, 1.82) is 0 Å². The zero-order chi connectivity index (χ0) is 23.4. The van der Waals surface area contributed by atoms with Crippen LogP contribution in [0.5, 0.6) is 0 Å². The third-order valence-corrected chi connectivity index (χ3v) is 7.46. The molecule has 0 aromatic heterocycles.